The van der Waals surface area contributed by atoms with Gasteiger partial charge in [-0.05, 0) is 0 Å². The van der Waals surface area contributed by atoms with E-state index >= 15 is 0 Å². The van der Waals surface area contributed by atoms with Crippen LogP contribution in [0.15, 0.2) is 18.7 Å². The zero-order valence-corrected chi connectivity index (χ0v) is 8.07. The maximum Gasteiger partial charge on any atom is 0.326 e. The van der Waals surface area contributed by atoms with Crippen LogP contribution in [-0.4, -0.2) is 36.3 Å². The van der Waals surface area contributed by atoms with Crippen LogP contribution in [0.25, 0.3) is 0 Å². The van der Waals surface area contributed by atoms with Crippen molar-refractivity contribution in [1.82, 2.24) is 14.9 Å². The van der Waals surface area contributed by atoms with Crippen molar-refractivity contribution in [3.8, 4) is 0 Å². The number of amides is 1. The topological polar surface area (TPSA) is 107 Å². The molecule has 1 rings (SSSR count). The Labute approximate surface area is 81.0 Å². The highest BCUT2D eigenvalue weighted by Crippen LogP contribution is 1.84. The Bertz CT molecular complexity index is 397. The van der Waals surface area contributed by atoms with E-state index in [2.05, 4.69) is 10.3 Å². The molecule has 0 saturated heterocycles. The molecule has 1 aromatic heterocycles. The zero-order chi connectivity index (χ0) is 10.6. The Balaban J connectivity index is 2.37. The Morgan fingerprint density at radius 2 is 2.29 bits per heavy atom. The molecule has 78 valence electrons. The van der Waals surface area contributed by atoms with Crippen molar-refractivity contribution in [2.24, 2.45) is 5.14 Å². The van der Waals surface area contributed by atoms with E-state index in [-0.39, 0.29) is 12.3 Å². The smallest absolute Gasteiger partial charge is 0.326 e. The fraction of sp³-hybridized carbons (Fsp3) is 0.333. The molecule has 8 heteroatoms. The van der Waals surface area contributed by atoms with Crippen LogP contribution >= 0.6 is 0 Å². The average Bonchev–Trinajstić information content (AvgIpc) is 2.53. The first-order valence-electron chi connectivity index (χ1n) is 3.76. The monoisotopic (exact) mass is 218 g/mol. The minimum Gasteiger partial charge on any atom is -0.336 e. The van der Waals surface area contributed by atoms with Crippen LogP contribution in [0.5, 0.6) is 0 Å². The molecular weight excluding hydrogens is 208 g/mol. The van der Waals surface area contributed by atoms with Gasteiger partial charge >= 0.3 is 6.03 Å². The number of nitrogens with one attached hydrogen (secondary N) is 1. The predicted octanol–water partition coefficient (Wildman–Crippen LogP) is -1.27. The molecule has 0 atom stereocenters. The van der Waals surface area contributed by atoms with Gasteiger partial charge in [0.05, 0.1) is 5.75 Å². The normalized spacial score (nSPS) is 11.2. The lowest BCUT2D eigenvalue weighted by molar-refractivity contribution is 0.243. The van der Waals surface area contributed by atoms with Gasteiger partial charge in [-0.3, -0.25) is 4.57 Å². The number of primary sulfonamides is 1. The van der Waals surface area contributed by atoms with E-state index in [9.17, 15) is 13.2 Å². The second-order valence-electron chi connectivity index (χ2n) is 2.57. The van der Waals surface area contributed by atoms with Gasteiger partial charge in [-0.15, -0.1) is 0 Å². The molecule has 0 saturated carbocycles. The molecule has 0 spiro atoms. The molecule has 1 aromatic rings. The van der Waals surface area contributed by atoms with Gasteiger partial charge in [0.1, 0.15) is 6.33 Å². The molecule has 0 fully saturated rings. The van der Waals surface area contributed by atoms with Crippen molar-refractivity contribution in [2.45, 2.75) is 0 Å². The summed E-state index contributed by atoms with van der Waals surface area (Å²) in [5.74, 6) is -0.284. The van der Waals surface area contributed by atoms with Crippen molar-refractivity contribution in [2.75, 3.05) is 12.3 Å². The molecule has 0 bridgehead atoms. The van der Waals surface area contributed by atoms with Gasteiger partial charge in [0.2, 0.25) is 10.0 Å². The SMILES string of the molecule is NS(=O)(=O)CCNC(=O)n1ccnc1. The molecule has 0 radical (unpaired) electrons. The molecule has 0 aromatic carbocycles. The summed E-state index contributed by atoms with van der Waals surface area (Å²) in [5.41, 5.74) is 0. The number of carbonyl (C=O) groups excluding carboxylic acids is 1. The van der Waals surface area contributed by atoms with Crippen molar-refractivity contribution < 1.29 is 13.2 Å². The minimum atomic E-state index is -3.53. The third-order valence-electron chi connectivity index (χ3n) is 1.40. The Kier molecular flexibility index (Phi) is 3.20. The molecule has 3 N–H and O–H groups in total. The molecule has 1 amide bonds. The molecule has 0 aliphatic carbocycles. The molecule has 0 unspecified atom stereocenters. The first-order valence-corrected chi connectivity index (χ1v) is 5.47. The van der Waals surface area contributed by atoms with E-state index in [1.54, 1.807) is 0 Å². The summed E-state index contributed by atoms with van der Waals surface area (Å²) in [6, 6.07) is -0.439. The number of nitrogens with zero attached hydrogens (tertiary/aromatic N) is 2. The number of hydrogen-bond acceptors (Lipinski definition) is 4. The maximum absolute atomic E-state index is 11.2. The van der Waals surface area contributed by atoms with E-state index in [4.69, 9.17) is 5.14 Å². The van der Waals surface area contributed by atoms with Gasteiger partial charge in [0.25, 0.3) is 0 Å². The summed E-state index contributed by atoms with van der Waals surface area (Å²) in [6.07, 6.45) is 4.21. The van der Waals surface area contributed by atoms with Gasteiger partial charge in [-0.25, -0.2) is 23.3 Å². The second-order valence-corrected chi connectivity index (χ2v) is 4.30. The van der Waals surface area contributed by atoms with Crippen LogP contribution in [-0.2, 0) is 10.0 Å². The summed E-state index contributed by atoms with van der Waals surface area (Å²) < 4.78 is 22.2. The molecule has 0 aliphatic heterocycles. The third-order valence-corrected chi connectivity index (χ3v) is 2.17. The van der Waals surface area contributed by atoms with E-state index in [0.29, 0.717) is 0 Å². The summed E-state index contributed by atoms with van der Waals surface area (Å²) in [4.78, 5) is 14.8. The van der Waals surface area contributed by atoms with Crippen molar-refractivity contribution in [3.05, 3.63) is 18.7 Å². The number of imidazole rings is 1. The lowest BCUT2D eigenvalue weighted by Crippen LogP contribution is -2.33. The van der Waals surface area contributed by atoms with Crippen LogP contribution in [0, 0.1) is 0 Å². The molecule has 7 nitrogen and oxygen atoms in total. The van der Waals surface area contributed by atoms with Gasteiger partial charge in [-0.1, -0.05) is 0 Å². The average molecular weight is 218 g/mol. The summed E-state index contributed by atoms with van der Waals surface area (Å²) >= 11 is 0. The quantitative estimate of drug-likeness (QED) is 0.659. The highest BCUT2D eigenvalue weighted by atomic mass is 32.2. The number of hydrogen-bond donors (Lipinski definition) is 2. The Hall–Kier alpha value is -1.41. The van der Waals surface area contributed by atoms with Crippen LogP contribution in [0.4, 0.5) is 4.79 Å². The zero-order valence-electron chi connectivity index (χ0n) is 7.25. The van der Waals surface area contributed by atoms with E-state index in [0.717, 1.165) is 0 Å². The van der Waals surface area contributed by atoms with Crippen LogP contribution in [0.2, 0.25) is 0 Å². The maximum atomic E-state index is 11.2. The van der Waals surface area contributed by atoms with Crippen LogP contribution in [0.3, 0.4) is 0 Å². The summed E-state index contributed by atoms with van der Waals surface area (Å²) in [6.45, 7) is -0.0180. The highest BCUT2D eigenvalue weighted by Gasteiger charge is 2.05. The number of aromatic nitrogens is 2. The third kappa shape index (κ3) is 3.54. The Morgan fingerprint density at radius 3 is 2.79 bits per heavy atom. The Morgan fingerprint density at radius 1 is 1.57 bits per heavy atom. The van der Waals surface area contributed by atoms with E-state index < -0.39 is 16.1 Å². The molecule has 1 heterocycles. The van der Waals surface area contributed by atoms with Crippen LogP contribution in [0.1, 0.15) is 0 Å². The first-order chi connectivity index (χ1) is 6.49. The molecule has 0 aliphatic rings. The summed E-state index contributed by atoms with van der Waals surface area (Å²) in [5, 5.41) is 7.11. The van der Waals surface area contributed by atoms with Gasteiger partial charge in [-0.2, -0.15) is 0 Å². The van der Waals surface area contributed by atoms with Gasteiger partial charge in [0, 0.05) is 18.9 Å². The highest BCUT2D eigenvalue weighted by molar-refractivity contribution is 7.89. The summed E-state index contributed by atoms with van der Waals surface area (Å²) in [7, 11) is -3.53. The van der Waals surface area contributed by atoms with E-state index in [1.807, 2.05) is 0 Å². The number of nitrogens with two attached hydrogens (primary N) is 1. The molecular formula is C6H10N4O3S. The van der Waals surface area contributed by atoms with Crippen molar-refractivity contribution in [3.63, 3.8) is 0 Å². The first kappa shape index (κ1) is 10.7. The lowest BCUT2D eigenvalue weighted by Gasteiger charge is -2.03. The number of rotatable bonds is 3. The number of sulfonamides is 1. The van der Waals surface area contributed by atoms with Crippen molar-refractivity contribution in [1.29, 1.82) is 0 Å². The fourth-order valence-electron chi connectivity index (χ4n) is 0.771. The predicted molar refractivity (Wildman–Crippen MR) is 49.0 cm³/mol. The number of carbonyl (C=O) groups is 1. The van der Waals surface area contributed by atoms with Crippen LogP contribution < -0.4 is 10.5 Å². The van der Waals surface area contributed by atoms with Gasteiger partial charge in [0.15, 0.2) is 0 Å². The fourth-order valence-corrected chi connectivity index (χ4v) is 1.16. The van der Waals surface area contributed by atoms with Gasteiger partial charge < -0.3 is 5.32 Å². The standard InChI is InChI=1S/C6H10N4O3S/c7-14(12,13)4-2-9-6(11)10-3-1-8-5-10/h1,3,5H,2,4H2,(H,9,11)(H2,7,12,13). The largest absolute Gasteiger partial charge is 0.336 e. The van der Waals surface area contributed by atoms with Crippen molar-refractivity contribution >= 4 is 16.1 Å². The second kappa shape index (κ2) is 4.20. The molecule has 14 heavy (non-hydrogen) atoms. The minimum absolute atomic E-state index is 0.0180. The lowest BCUT2D eigenvalue weighted by atomic mass is 10.7. The van der Waals surface area contributed by atoms with E-state index in [1.165, 1.54) is 23.3 Å².